The van der Waals surface area contributed by atoms with Gasteiger partial charge in [0.05, 0.1) is 5.56 Å². The lowest BCUT2D eigenvalue weighted by atomic mass is 10.1. The van der Waals surface area contributed by atoms with Crippen LogP contribution < -0.4 is 0 Å². The monoisotopic (exact) mass is 317 g/mol. The van der Waals surface area contributed by atoms with Crippen molar-refractivity contribution in [1.82, 2.24) is 14.6 Å². The molecule has 0 atom stereocenters. The highest BCUT2D eigenvalue weighted by Crippen LogP contribution is 2.18. The Kier molecular flexibility index (Phi) is 2.79. The van der Waals surface area contributed by atoms with Crippen molar-refractivity contribution in [3.8, 4) is 11.4 Å². The van der Waals surface area contributed by atoms with Gasteiger partial charge in [-0.3, -0.25) is 0 Å². The minimum absolute atomic E-state index is 0.246. The normalized spacial score (nSPS) is 10.8. The van der Waals surface area contributed by atoms with Crippen LogP contribution in [0.15, 0.2) is 47.1 Å². The van der Waals surface area contributed by atoms with Gasteiger partial charge in [0.2, 0.25) is 0 Å². The molecule has 0 saturated carbocycles. The minimum atomic E-state index is -0.946. The Bertz CT molecular complexity index is 765. The number of fused-ring (bicyclic) bond motifs is 1. The Balaban J connectivity index is 2.06. The van der Waals surface area contributed by atoms with Gasteiger partial charge in [-0.05, 0) is 24.3 Å². The number of aromatic carboxylic acids is 1. The first-order valence-electron chi connectivity index (χ1n) is 5.49. The number of hydrogen-bond acceptors (Lipinski definition) is 3. The number of carboxylic acids is 1. The van der Waals surface area contributed by atoms with E-state index in [1.165, 1.54) is 0 Å². The molecule has 94 valence electrons. The molecule has 3 rings (SSSR count). The predicted molar refractivity (Wildman–Crippen MR) is 73.1 cm³/mol. The van der Waals surface area contributed by atoms with E-state index in [0.717, 1.165) is 15.7 Å². The van der Waals surface area contributed by atoms with Crippen LogP contribution >= 0.6 is 15.9 Å². The maximum atomic E-state index is 10.8. The summed E-state index contributed by atoms with van der Waals surface area (Å²) in [6, 6.07) is 10.2. The van der Waals surface area contributed by atoms with Gasteiger partial charge in [-0.2, -0.15) is 0 Å². The van der Waals surface area contributed by atoms with Gasteiger partial charge in [-0.25, -0.2) is 14.3 Å². The Hall–Kier alpha value is -2.21. The second kappa shape index (κ2) is 4.47. The summed E-state index contributed by atoms with van der Waals surface area (Å²) < 4.78 is 2.60. The summed E-state index contributed by atoms with van der Waals surface area (Å²) in [6.45, 7) is 0. The van der Waals surface area contributed by atoms with Crippen molar-refractivity contribution >= 4 is 27.5 Å². The maximum Gasteiger partial charge on any atom is 0.335 e. The summed E-state index contributed by atoms with van der Waals surface area (Å²) in [6.07, 6.45) is 1.81. The number of rotatable bonds is 2. The lowest BCUT2D eigenvalue weighted by Crippen LogP contribution is -1.95. The molecule has 5 nitrogen and oxygen atoms in total. The van der Waals surface area contributed by atoms with E-state index in [9.17, 15) is 4.79 Å². The molecular formula is C13H8BrN3O2. The smallest absolute Gasteiger partial charge is 0.335 e. The lowest BCUT2D eigenvalue weighted by Gasteiger charge is -1.96. The van der Waals surface area contributed by atoms with Gasteiger partial charge in [0.15, 0.2) is 11.5 Å². The third kappa shape index (κ3) is 2.22. The lowest BCUT2D eigenvalue weighted by molar-refractivity contribution is 0.0697. The highest BCUT2D eigenvalue weighted by molar-refractivity contribution is 9.10. The van der Waals surface area contributed by atoms with Crippen LogP contribution in [0, 0.1) is 0 Å². The van der Waals surface area contributed by atoms with E-state index in [1.807, 2.05) is 18.3 Å². The van der Waals surface area contributed by atoms with Gasteiger partial charge in [0.1, 0.15) is 0 Å². The Morgan fingerprint density at radius 2 is 1.95 bits per heavy atom. The number of aromatic nitrogens is 3. The summed E-state index contributed by atoms with van der Waals surface area (Å²) in [7, 11) is 0. The maximum absolute atomic E-state index is 10.8. The van der Waals surface area contributed by atoms with Gasteiger partial charge in [-0.1, -0.05) is 28.1 Å². The van der Waals surface area contributed by atoms with E-state index in [-0.39, 0.29) is 5.56 Å². The van der Waals surface area contributed by atoms with Crippen molar-refractivity contribution in [1.29, 1.82) is 0 Å². The highest BCUT2D eigenvalue weighted by atomic mass is 79.9. The number of halogens is 1. The second-order valence-corrected chi connectivity index (χ2v) is 4.88. The first kappa shape index (κ1) is 11.9. The highest BCUT2D eigenvalue weighted by Gasteiger charge is 2.08. The SMILES string of the molecule is O=C(O)c1ccc(-c2nc3cc(Br)ccn3n2)cc1. The summed E-state index contributed by atoms with van der Waals surface area (Å²) in [5.41, 5.74) is 1.76. The third-order valence-electron chi connectivity index (χ3n) is 2.69. The summed E-state index contributed by atoms with van der Waals surface area (Å²) in [5.74, 6) is -0.381. The van der Waals surface area contributed by atoms with Crippen molar-refractivity contribution in [3.05, 3.63) is 52.6 Å². The molecule has 2 heterocycles. The van der Waals surface area contributed by atoms with E-state index < -0.39 is 5.97 Å². The molecule has 0 aliphatic rings. The fourth-order valence-corrected chi connectivity index (χ4v) is 2.06. The third-order valence-corrected chi connectivity index (χ3v) is 3.18. The van der Waals surface area contributed by atoms with E-state index in [1.54, 1.807) is 28.8 Å². The molecule has 0 unspecified atom stereocenters. The fourth-order valence-electron chi connectivity index (χ4n) is 1.74. The van der Waals surface area contributed by atoms with Crippen LogP contribution in [0.1, 0.15) is 10.4 Å². The van der Waals surface area contributed by atoms with Crippen LogP contribution in [-0.2, 0) is 0 Å². The van der Waals surface area contributed by atoms with Crippen molar-refractivity contribution < 1.29 is 9.90 Å². The zero-order valence-corrected chi connectivity index (χ0v) is 11.2. The predicted octanol–water partition coefficient (Wildman–Crippen LogP) is 2.86. The van der Waals surface area contributed by atoms with Crippen LogP contribution in [0.25, 0.3) is 17.0 Å². The fraction of sp³-hybridized carbons (Fsp3) is 0. The van der Waals surface area contributed by atoms with E-state index in [4.69, 9.17) is 5.11 Å². The molecule has 19 heavy (non-hydrogen) atoms. The molecule has 0 aliphatic carbocycles. The Morgan fingerprint density at radius 1 is 1.21 bits per heavy atom. The van der Waals surface area contributed by atoms with Gasteiger partial charge in [0, 0.05) is 16.2 Å². The standard InChI is InChI=1S/C13H8BrN3O2/c14-10-5-6-17-11(7-10)15-12(16-17)8-1-3-9(4-2-8)13(18)19/h1-7H,(H,18,19). The van der Waals surface area contributed by atoms with Crippen molar-refractivity contribution in [2.24, 2.45) is 0 Å². The first-order chi connectivity index (χ1) is 9.13. The zero-order valence-electron chi connectivity index (χ0n) is 9.62. The number of nitrogens with zero attached hydrogens (tertiary/aromatic N) is 3. The Labute approximate surface area is 116 Å². The largest absolute Gasteiger partial charge is 0.478 e. The second-order valence-electron chi connectivity index (χ2n) is 3.97. The van der Waals surface area contributed by atoms with Gasteiger partial charge in [0.25, 0.3) is 0 Å². The van der Waals surface area contributed by atoms with Crippen molar-refractivity contribution in [2.45, 2.75) is 0 Å². The first-order valence-corrected chi connectivity index (χ1v) is 6.28. The zero-order chi connectivity index (χ0) is 13.4. The molecule has 3 aromatic rings. The van der Waals surface area contributed by atoms with E-state index in [0.29, 0.717) is 5.82 Å². The number of carboxylic acid groups (broad SMARTS) is 1. The molecule has 0 radical (unpaired) electrons. The van der Waals surface area contributed by atoms with Gasteiger partial charge in [-0.15, -0.1) is 5.10 Å². The van der Waals surface area contributed by atoms with E-state index >= 15 is 0 Å². The van der Waals surface area contributed by atoms with Gasteiger partial charge < -0.3 is 5.11 Å². The molecule has 0 spiro atoms. The average molecular weight is 318 g/mol. The number of hydrogen-bond donors (Lipinski definition) is 1. The summed E-state index contributed by atoms with van der Waals surface area (Å²) in [5, 5.41) is 13.2. The molecule has 1 N–H and O–H groups in total. The molecule has 0 saturated heterocycles. The van der Waals surface area contributed by atoms with Crippen LogP contribution in [0.3, 0.4) is 0 Å². The molecule has 6 heteroatoms. The summed E-state index contributed by atoms with van der Waals surface area (Å²) >= 11 is 3.38. The molecule has 0 fully saturated rings. The molecular weight excluding hydrogens is 310 g/mol. The van der Waals surface area contributed by atoms with Crippen LogP contribution in [0.5, 0.6) is 0 Å². The van der Waals surface area contributed by atoms with Crippen LogP contribution in [0.2, 0.25) is 0 Å². The van der Waals surface area contributed by atoms with Crippen molar-refractivity contribution in [3.63, 3.8) is 0 Å². The van der Waals surface area contributed by atoms with Gasteiger partial charge >= 0.3 is 5.97 Å². The molecule has 0 amide bonds. The Morgan fingerprint density at radius 3 is 2.63 bits per heavy atom. The molecule has 1 aromatic carbocycles. The van der Waals surface area contributed by atoms with Crippen LogP contribution in [0.4, 0.5) is 0 Å². The molecule has 0 bridgehead atoms. The number of pyridine rings is 1. The van der Waals surface area contributed by atoms with E-state index in [2.05, 4.69) is 26.0 Å². The summed E-state index contributed by atoms with van der Waals surface area (Å²) in [4.78, 5) is 15.2. The molecule has 0 aliphatic heterocycles. The topological polar surface area (TPSA) is 67.5 Å². The quantitative estimate of drug-likeness (QED) is 0.789. The minimum Gasteiger partial charge on any atom is -0.478 e. The number of benzene rings is 1. The van der Waals surface area contributed by atoms with Crippen LogP contribution in [-0.4, -0.2) is 25.7 Å². The molecule has 2 aromatic heterocycles. The average Bonchev–Trinajstić information content (AvgIpc) is 2.81. The number of carbonyl (C=O) groups is 1. The van der Waals surface area contributed by atoms with Crippen molar-refractivity contribution in [2.75, 3.05) is 0 Å².